The molecule has 0 bridgehead atoms. The van der Waals surface area contributed by atoms with E-state index < -0.39 is 0 Å². The maximum atomic E-state index is 5.18. The Labute approximate surface area is 190 Å². The lowest BCUT2D eigenvalue weighted by Crippen LogP contribution is -2.52. The SMILES string of the molecule is CCn1cc(CN2Cc3c(nc(C)n3C(C)C)C3(CCN(c4ncccn4)CC3)C2)cn1. The first-order chi connectivity index (χ1) is 15.5. The predicted molar refractivity (Wildman–Crippen MR) is 125 cm³/mol. The van der Waals surface area contributed by atoms with Crippen LogP contribution in [-0.4, -0.2) is 53.8 Å². The molecule has 2 aliphatic heterocycles. The zero-order valence-electron chi connectivity index (χ0n) is 19.7. The molecule has 0 N–H and O–H groups in total. The lowest BCUT2D eigenvalue weighted by molar-refractivity contribution is 0.138. The zero-order chi connectivity index (χ0) is 22.3. The normalized spacial score (nSPS) is 18.5. The summed E-state index contributed by atoms with van der Waals surface area (Å²) in [5, 5.41) is 4.49. The molecular weight excluding hydrogens is 400 g/mol. The standard InChI is InChI=1S/C24H34N8/c1-5-31-15-20(13-27-31)14-29-16-21-22(28-19(4)32(21)18(2)3)24(17-29)7-11-30(12-8-24)23-25-9-6-10-26-23/h6,9-10,13,15,18H,5,7-8,11-12,14,16-17H2,1-4H3. The number of hydrogen-bond acceptors (Lipinski definition) is 6. The molecule has 0 atom stereocenters. The van der Waals surface area contributed by atoms with Crippen molar-refractivity contribution in [2.24, 2.45) is 0 Å². The molecule has 1 fully saturated rings. The van der Waals surface area contributed by atoms with Crippen molar-refractivity contribution in [3.63, 3.8) is 0 Å². The van der Waals surface area contributed by atoms with E-state index in [4.69, 9.17) is 4.98 Å². The molecule has 0 radical (unpaired) electrons. The molecule has 8 nitrogen and oxygen atoms in total. The van der Waals surface area contributed by atoms with E-state index in [0.29, 0.717) is 6.04 Å². The number of aromatic nitrogens is 6. The lowest BCUT2D eigenvalue weighted by atomic mass is 9.72. The highest BCUT2D eigenvalue weighted by Crippen LogP contribution is 2.43. The number of piperidine rings is 1. The molecule has 0 unspecified atom stereocenters. The van der Waals surface area contributed by atoms with Gasteiger partial charge in [-0.25, -0.2) is 15.0 Å². The average Bonchev–Trinajstić information content (AvgIpc) is 3.39. The fourth-order valence-electron chi connectivity index (χ4n) is 5.64. The van der Waals surface area contributed by atoms with Gasteiger partial charge in [0.2, 0.25) is 5.95 Å². The summed E-state index contributed by atoms with van der Waals surface area (Å²) >= 11 is 0. The van der Waals surface area contributed by atoms with Crippen LogP contribution in [0.3, 0.4) is 0 Å². The molecule has 0 aliphatic carbocycles. The van der Waals surface area contributed by atoms with Gasteiger partial charge in [-0.15, -0.1) is 0 Å². The van der Waals surface area contributed by atoms with Crippen molar-refractivity contribution in [2.75, 3.05) is 24.5 Å². The Morgan fingerprint density at radius 2 is 1.88 bits per heavy atom. The Morgan fingerprint density at radius 3 is 2.53 bits per heavy atom. The highest BCUT2D eigenvalue weighted by Gasteiger charge is 2.45. The van der Waals surface area contributed by atoms with Gasteiger partial charge in [0.1, 0.15) is 5.82 Å². The summed E-state index contributed by atoms with van der Waals surface area (Å²) in [6, 6.07) is 2.28. The van der Waals surface area contributed by atoms with Crippen molar-refractivity contribution in [2.45, 2.75) is 71.6 Å². The van der Waals surface area contributed by atoms with Crippen LogP contribution in [0.4, 0.5) is 5.95 Å². The van der Waals surface area contributed by atoms with Crippen molar-refractivity contribution >= 4 is 5.95 Å². The number of aryl methyl sites for hydroxylation is 2. The quantitative estimate of drug-likeness (QED) is 0.614. The monoisotopic (exact) mass is 434 g/mol. The Hall–Kier alpha value is -2.74. The molecule has 8 heteroatoms. The third kappa shape index (κ3) is 3.70. The summed E-state index contributed by atoms with van der Waals surface area (Å²) in [5.74, 6) is 1.98. The Kier molecular flexibility index (Phi) is 5.49. The summed E-state index contributed by atoms with van der Waals surface area (Å²) in [5.41, 5.74) is 4.09. The third-order valence-corrected chi connectivity index (χ3v) is 7.08. The number of hydrogen-bond donors (Lipinski definition) is 0. The molecule has 32 heavy (non-hydrogen) atoms. The number of rotatable bonds is 5. The van der Waals surface area contributed by atoms with Crippen LogP contribution in [-0.2, 0) is 25.0 Å². The van der Waals surface area contributed by atoms with Crippen LogP contribution in [0.25, 0.3) is 0 Å². The minimum Gasteiger partial charge on any atom is -0.341 e. The minimum atomic E-state index is 0.0739. The van der Waals surface area contributed by atoms with Crippen LogP contribution in [0, 0.1) is 6.92 Å². The first-order valence-electron chi connectivity index (χ1n) is 11.8. The fraction of sp³-hybridized carbons (Fsp3) is 0.583. The highest BCUT2D eigenvalue weighted by atomic mass is 15.3. The van der Waals surface area contributed by atoms with Gasteiger partial charge in [0.15, 0.2) is 0 Å². The summed E-state index contributed by atoms with van der Waals surface area (Å²) in [4.78, 5) is 19.1. The van der Waals surface area contributed by atoms with Crippen LogP contribution >= 0.6 is 0 Å². The maximum Gasteiger partial charge on any atom is 0.225 e. The Morgan fingerprint density at radius 1 is 1.12 bits per heavy atom. The topological polar surface area (TPSA) is 67.9 Å². The Balaban J connectivity index is 1.45. The van der Waals surface area contributed by atoms with E-state index in [0.717, 1.165) is 63.9 Å². The number of fused-ring (bicyclic) bond motifs is 2. The van der Waals surface area contributed by atoms with Crippen LogP contribution in [0.2, 0.25) is 0 Å². The largest absolute Gasteiger partial charge is 0.341 e. The highest BCUT2D eigenvalue weighted by molar-refractivity contribution is 5.36. The second-order valence-electron chi connectivity index (χ2n) is 9.58. The van der Waals surface area contributed by atoms with Crippen molar-refractivity contribution in [3.8, 4) is 0 Å². The second kappa shape index (κ2) is 8.31. The van der Waals surface area contributed by atoms with E-state index >= 15 is 0 Å². The van der Waals surface area contributed by atoms with E-state index in [2.05, 4.69) is 63.3 Å². The molecule has 3 aromatic heterocycles. The van der Waals surface area contributed by atoms with Gasteiger partial charge in [-0.3, -0.25) is 9.58 Å². The van der Waals surface area contributed by atoms with Crippen LogP contribution in [0.15, 0.2) is 30.9 Å². The van der Waals surface area contributed by atoms with Gasteiger partial charge in [0.25, 0.3) is 0 Å². The molecule has 1 saturated heterocycles. The van der Waals surface area contributed by atoms with E-state index in [1.165, 1.54) is 17.0 Å². The molecule has 170 valence electrons. The molecule has 5 heterocycles. The zero-order valence-corrected chi connectivity index (χ0v) is 19.7. The third-order valence-electron chi connectivity index (χ3n) is 7.08. The molecule has 3 aromatic rings. The van der Waals surface area contributed by atoms with E-state index in [1.807, 2.05) is 29.3 Å². The Bertz CT molecular complexity index is 1060. The molecule has 0 saturated carbocycles. The van der Waals surface area contributed by atoms with Crippen LogP contribution in [0.1, 0.15) is 62.4 Å². The summed E-state index contributed by atoms with van der Waals surface area (Å²) < 4.78 is 4.47. The predicted octanol–water partition coefficient (Wildman–Crippen LogP) is 3.33. The fourth-order valence-corrected chi connectivity index (χ4v) is 5.64. The molecule has 2 aliphatic rings. The van der Waals surface area contributed by atoms with E-state index in [-0.39, 0.29) is 5.41 Å². The molecule has 5 rings (SSSR count). The second-order valence-corrected chi connectivity index (χ2v) is 9.58. The lowest BCUT2D eigenvalue weighted by Gasteiger charge is -2.47. The van der Waals surface area contributed by atoms with Gasteiger partial charge >= 0.3 is 0 Å². The minimum absolute atomic E-state index is 0.0739. The average molecular weight is 435 g/mol. The summed E-state index contributed by atoms with van der Waals surface area (Å²) in [6.45, 7) is 14.6. The number of nitrogens with zero attached hydrogens (tertiary/aromatic N) is 8. The summed E-state index contributed by atoms with van der Waals surface area (Å²) in [7, 11) is 0. The van der Waals surface area contributed by atoms with Crippen molar-refractivity contribution in [3.05, 3.63) is 53.6 Å². The van der Waals surface area contributed by atoms with Crippen LogP contribution in [0.5, 0.6) is 0 Å². The molecule has 0 aromatic carbocycles. The van der Waals surface area contributed by atoms with Gasteiger partial charge in [-0.1, -0.05) is 0 Å². The first kappa shape index (κ1) is 21.1. The number of anilines is 1. The first-order valence-corrected chi connectivity index (χ1v) is 11.8. The molecule has 1 spiro atoms. The van der Waals surface area contributed by atoms with Crippen molar-refractivity contribution in [1.29, 1.82) is 0 Å². The van der Waals surface area contributed by atoms with Gasteiger partial charge < -0.3 is 9.47 Å². The van der Waals surface area contributed by atoms with E-state index in [9.17, 15) is 0 Å². The van der Waals surface area contributed by atoms with Crippen LogP contribution < -0.4 is 4.90 Å². The van der Waals surface area contributed by atoms with Gasteiger partial charge in [0.05, 0.1) is 17.6 Å². The summed E-state index contributed by atoms with van der Waals surface area (Å²) in [6.07, 6.45) is 10.00. The van der Waals surface area contributed by atoms with Crippen molar-refractivity contribution < 1.29 is 0 Å². The van der Waals surface area contributed by atoms with Gasteiger partial charge in [-0.05, 0) is 46.6 Å². The van der Waals surface area contributed by atoms with Gasteiger partial charge in [0, 0.05) is 74.9 Å². The van der Waals surface area contributed by atoms with E-state index in [1.54, 1.807) is 0 Å². The maximum absolute atomic E-state index is 5.18. The number of imidazole rings is 1. The molecule has 0 amide bonds. The van der Waals surface area contributed by atoms with Gasteiger partial charge in [-0.2, -0.15) is 5.10 Å². The van der Waals surface area contributed by atoms with Crippen molar-refractivity contribution in [1.82, 2.24) is 34.2 Å². The smallest absolute Gasteiger partial charge is 0.225 e. The molecular formula is C24H34N8.